The first-order valence-electron chi connectivity index (χ1n) is 5.68. The molecule has 0 fully saturated rings. The molecule has 1 heterocycles. The van der Waals surface area contributed by atoms with Gasteiger partial charge in [-0.2, -0.15) is 0 Å². The van der Waals surface area contributed by atoms with Crippen molar-refractivity contribution in [3.8, 4) is 5.75 Å². The van der Waals surface area contributed by atoms with Crippen LogP contribution < -0.4 is 10.5 Å². The third-order valence-electron chi connectivity index (χ3n) is 2.55. The minimum Gasteiger partial charge on any atom is -0.492 e. The lowest BCUT2D eigenvalue weighted by molar-refractivity contribution is 0.341. The molecule has 0 radical (unpaired) electrons. The van der Waals surface area contributed by atoms with Gasteiger partial charge in [0.15, 0.2) is 5.16 Å². The molecule has 18 heavy (non-hydrogen) atoms. The molecular formula is C12H16N4OS. The van der Waals surface area contributed by atoms with Crippen LogP contribution in [0.2, 0.25) is 0 Å². The third kappa shape index (κ3) is 2.59. The van der Waals surface area contributed by atoms with Crippen molar-refractivity contribution in [1.82, 2.24) is 14.8 Å². The summed E-state index contributed by atoms with van der Waals surface area (Å²) in [6.45, 7) is 4.46. The molecule has 0 spiro atoms. The summed E-state index contributed by atoms with van der Waals surface area (Å²) >= 11 is 1.54. The summed E-state index contributed by atoms with van der Waals surface area (Å²) in [5.41, 5.74) is 6.48. The molecule has 0 atom stereocenters. The predicted octanol–water partition coefficient (Wildman–Crippen LogP) is 2.26. The molecule has 2 rings (SSSR count). The van der Waals surface area contributed by atoms with Crippen molar-refractivity contribution < 1.29 is 4.74 Å². The van der Waals surface area contributed by atoms with E-state index < -0.39 is 0 Å². The Morgan fingerprint density at radius 3 is 2.78 bits per heavy atom. The third-order valence-corrected chi connectivity index (χ3v) is 3.57. The molecule has 2 N–H and O–H groups in total. The minimum absolute atomic E-state index is 0.599. The second-order valence-corrected chi connectivity index (χ2v) is 4.86. The molecule has 0 unspecified atom stereocenters. The molecule has 0 saturated heterocycles. The summed E-state index contributed by atoms with van der Waals surface area (Å²) in [5.74, 6) is 1.60. The van der Waals surface area contributed by atoms with Crippen molar-refractivity contribution in [2.45, 2.75) is 23.9 Å². The van der Waals surface area contributed by atoms with Gasteiger partial charge >= 0.3 is 0 Å². The Bertz CT molecular complexity index is 553. The van der Waals surface area contributed by atoms with Crippen molar-refractivity contribution in [2.75, 3.05) is 12.3 Å². The second kappa shape index (κ2) is 5.30. The van der Waals surface area contributed by atoms with Crippen LogP contribution in [0.15, 0.2) is 28.3 Å². The van der Waals surface area contributed by atoms with Gasteiger partial charge in [-0.05, 0) is 43.8 Å². The topological polar surface area (TPSA) is 66.0 Å². The zero-order chi connectivity index (χ0) is 13.1. The van der Waals surface area contributed by atoms with Gasteiger partial charge in [0.25, 0.3) is 0 Å². The second-order valence-electron chi connectivity index (χ2n) is 3.82. The van der Waals surface area contributed by atoms with Gasteiger partial charge in [-0.15, -0.1) is 10.2 Å². The molecule has 1 aromatic heterocycles. The fourth-order valence-electron chi connectivity index (χ4n) is 1.44. The van der Waals surface area contributed by atoms with Crippen LogP contribution in [-0.4, -0.2) is 21.4 Å². The number of aromatic nitrogens is 3. The fraction of sp³-hybridized carbons (Fsp3) is 0.333. The highest BCUT2D eigenvalue weighted by atomic mass is 32.2. The molecule has 0 aliphatic heterocycles. The maximum atomic E-state index is 5.84. The quantitative estimate of drug-likeness (QED) is 0.858. The Labute approximate surface area is 110 Å². The molecule has 6 heteroatoms. The van der Waals surface area contributed by atoms with E-state index in [0.717, 1.165) is 15.9 Å². The van der Waals surface area contributed by atoms with E-state index in [0.29, 0.717) is 18.0 Å². The first-order valence-corrected chi connectivity index (χ1v) is 6.49. The maximum absolute atomic E-state index is 5.84. The first kappa shape index (κ1) is 12.8. The van der Waals surface area contributed by atoms with Gasteiger partial charge in [0.05, 0.1) is 12.3 Å². The number of rotatable bonds is 4. The highest BCUT2D eigenvalue weighted by Crippen LogP contribution is 2.32. The normalized spacial score (nSPS) is 10.6. The molecule has 2 aromatic rings. The van der Waals surface area contributed by atoms with E-state index in [4.69, 9.17) is 10.5 Å². The Morgan fingerprint density at radius 2 is 2.17 bits per heavy atom. The molecule has 0 saturated carbocycles. The number of benzene rings is 1. The summed E-state index contributed by atoms with van der Waals surface area (Å²) in [7, 11) is 1.94. The smallest absolute Gasteiger partial charge is 0.195 e. The van der Waals surface area contributed by atoms with Crippen LogP contribution in [0.5, 0.6) is 5.75 Å². The summed E-state index contributed by atoms with van der Waals surface area (Å²) in [6, 6.07) is 5.72. The van der Waals surface area contributed by atoms with Gasteiger partial charge in [0.1, 0.15) is 11.6 Å². The number of nitrogen functional groups attached to an aromatic ring is 1. The van der Waals surface area contributed by atoms with Crippen LogP contribution in [0.1, 0.15) is 12.7 Å². The SMILES string of the molecule is CCOc1cc(Sc2nnc(C)n2C)ccc1N. The number of hydrogen-bond donors (Lipinski definition) is 1. The summed E-state index contributed by atoms with van der Waals surface area (Å²) in [6.07, 6.45) is 0. The van der Waals surface area contributed by atoms with Gasteiger partial charge in [-0.3, -0.25) is 0 Å². The number of ether oxygens (including phenoxy) is 1. The largest absolute Gasteiger partial charge is 0.492 e. The average Bonchev–Trinajstić information content (AvgIpc) is 2.66. The molecule has 0 amide bonds. The number of nitrogens with zero attached hydrogens (tertiary/aromatic N) is 3. The summed E-state index contributed by atoms with van der Waals surface area (Å²) in [4.78, 5) is 1.03. The number of nitrogens with two attached hydrogens (primary N) is 1. The van der Waals surface area contributed by atoms with Crippen LogP contribution in [0.25, 0.3) is 0 Å². The van der Waals surface area contributed by atoms with E-state index in [-0.39, 0.29) is 0 Å². The zero-order valence-electron chi connectivity index (χ0n) is 10.7. The molecular weight excluding hydrogens is 248 g/mol. The maximum Gasteiger partial charge on any atom is 0.195 e. The van der Waals surface area contributed by atoms with Crippen LogP contribution in [0.4, 0.5) is 5.69 Å². The average molecular weight is 264 g/mol. The highest BCUT2D eigenvalue weighted by Gasteiger charge is 2.09. The minimum atomic E-state index is 0.599. The van der Waals surface area contributed by atoms with Gasteiger partial charge in [0, 0.05) is 11.9 Å². The van der Waals surface area contributed by atoms with Crippen LogP contribution in [-0.2, 0) is 7.05 Å². The lowest BCUT2D eigenvalue weighted by Crippen LogP contribution is -1.97. The van der Waals surface area contributed by atoms with Gasteiger partial charge in [-0.25, -0.2) is 0 Å². The van der Waals surface area contributed by atoms with E-state index in [1.54, 1.807) is 0 Å². The molecule has 1 aromatic carbocycles. The van der Waals surface area contributed by atoms with E-state index >= 15 is 0 Å². The van der Waals surface area contributed by atoms with Gasteiger partial charge < -0.3 is 15.0 Å². The standard InChI is InChI=1S/C12H16N4OS/c1-4-17-11-7-9(5-6-10(11)13)18-12-15-14-8(2)16(12)3/h5-7H,4,13H2,1-3H3. The van der Waals surface area contributed by atoms with Crippen molar-refractivity contribution in [2.24, 2.45) is 7.05 Å². The van der Waals surface area contributed by atoms with Crippen LogP contribution in [0, 0.1) is 6.92 Å². The van der Waals surface area contributed by atoms with Crippen molar-refractivity contribution in [3.63, 3.8) is 0 Å². The summed E-state index contributed by atoms with van der Waals surface area (Å²) < 4.78 is 7.42. The Hall–Kier alpha value is -1.69. The van der Waals surface area contributed by atoms with Gasteiger partial charge in [0.2, 0.25) is 0 Å². The molecule has 0 aliphatic rings. The monoisotopic (exact) mass is 264 g/mol. The lowest BCUT2D eigenvalue weighted by atomic mass is 10.3. The highest BCUT2D eigenvalue weighted by molar-refractivity contribution is 7.99. The first-order chi connectivity index (χ1) is 8.61. The van der Waals surface area contributed by atoms with Crippen molar-refractivity contribution in [3.05, 3.63) is 24.0 Å². The zero-order valence-corrected chi connectivity index (χ0v) is 11.5. The van der Waals surface area contributed by atoms with Crippen LogP contribution >= 0.6 is 11.8 Å². The van der Waals surface area contributed by atoms with Crippen molar-refractivity contribution in [1.29, 1.82) is 0 Å². The molecule has 96 valence electrons. The molecule has 0 aliphatic carbocycles. The van der Waals surface area contributed by atoms with E-state index in [1.807, 2.05) is 43.7 Å². The van der Waals surface area contributed by atoms with Crippen LogP contribution in [0.3, 0.4) is 0 Å². The lowest BCUT2D eigenvalue weighted by Gasteiger charge is -2.08. The van der Waals surface area contributed by atoms with Gasteiger partial charge in [-0.1, -0.05) is 0 Å². The number of hydrogen-bond acceptors (Lipinski definition) is 5. The number of aryl methyl sites for hydroxylation is 1. The Balaban J connectivity index is 2.24. The Kier molecular flexibility index (Phi) is 3.76. The predicted molar refractivity (Wildman–Crippen MR) is 71.9 cm³/mol. The Morgan fingerprint density at radius 1 is 1.39 bits per heavy atom. The summed E-state index contributed by atoms with van der Waals surface area (Å²) in [5, 5.41) is 8.98. The number of anilines is 1. The fourth-order valence-corrected chi connectivity index (χ4v) is 2.30. The molecule has 5 nitrogen and oxygen atoms in total. The van der Waals surface area contributed by atoms with Crippen molar-refractivity contribution >= 4 is 17.4 Å². The van der Waals surface area contributed by atoms with E-state index in [9.17, 15) is 0 Å². The van der Waals surface area contributed by atoms with E-state index in [1.165, 1.54) is 11.8 Å². The van der Waals surface area contributed by atoms with E-state index in [2.05, 4.69) is 10.2 Å². The molecule has 0 bridgehead atoms.